The highest BCUT2D eigenvalue weighted by atomic mass is 16.5. The molecule has 38 heavy (non-hydrogen) atoms. The number of carbonyl (C=O) groups excluding carboxylic acids is 2. The second-order valence-corrected chi connectivity index (χ2v) is 10.6. The highest BCUT2D eigenvalue weighted by molar-refractivity contribution is 5.94. The summed E-state index contributed by atoms with van der Waals surface area (Å²) in [5.74, 6) is 1.09. The zero-order valence-electron chi connectivity index (χ0n) is 22.9. The number of nitrogens with zero attached hydrogens (tertiary/aromatic N) is 3. The maximum absolute atomic E-state index is 13.4. The third kappa shape index (κ3) is 7.73. The largest absolute Gasteiger partial charge is 0.484 e. The van der Waals surface area contributed by atoms with Crippen LogP contribution in [0.2, 0.25) is 0 Å². The summed E-state index contributed by atoms with van der Waals surface area (Å²) in [5, 5.41) is 0. The number of anilines is 1. The zero-order valence-corrected chi connectivity index (χ0v) is 22.9. The average molecular weight is 516 g/mol. The topological polar surface area (TPSA) is 54.8 Å². The molecule has 4 rings (SSSR count). The van der Waals surface area contributed by atoms with Gasteiger partial charge < -0.3 is 19.1 Å². The lowest BCUT2D eigenvalue weighted by molar-refractivity contribution is -0.134. The first-order valence-electron chi connectivity index (χ1n) is 14.0. The minimum Gasteiger partial charge on any atom is -0.484 e. The Balaban J connectivity index is 1.49. The lowest BCUT2D eigenvalue weighted by Crippen LogP contribution is -2.37. The van der Waals surface area contributed by atoms with Gasteiger partial charge in [-0.1, -0.05) is 57.7 Å². The van der Waals surface area contributed by atoms with Gasteiger partial charge in [0.15, 0.2) is 6.61 Å². The SMILES string of the molecule is CC(C)CC(=O)N1CCCCCCCCN(C(=O)COc2ccc(-n3cccc3)cc2)Cc2ccccc21. The highest BCUT2D eigenvalue weighted by Gasteiger charge is 2.22. The predicted molar refractivity (Wildman–Crippen MR) is 153 cm³/mol. The molecule has 2 heterocycles. The second kappa shape index (κ2) is 13.8. The number of carbonyl (C=O) groups is 2. The Hall–Kier alpha value is -3.54. The van der Waals surface area contributed by atoms with Crippen molar-refractivity contribution < 1.29 is 14.3 Å². The Bertz CT molecular complexity index is 1150. The third-order valence-electron chi connectivity index (χ3n) is 7.04. The molecule has 0 radical (unpaired) electrons. The maximum Gasteiger partial charge on any atom is 0.260 e. The van der Waals surface area contributed by atoms with Gasteiger partial charge in [-0.15, -0.1) is 0 Å². The molecule has 0 atom stereocenters. The molecule has 202 valence electrons. The summed E-state index contributed by atoms with van der Waals surface area (Å²) < 4.78 is 7.94. The molecule has 2 amide bonds. The van der Waals surface area contributed by atoms with Gasteiger partial charge >= 0.3 is 0 Å². The minimum absolute atomic E-state index is 0.0129. The third-order valence-corrected chi connectivity index (χ3v) is 7.04. The Morgan fingerprint density at radius 3 is 2.16 bits per heavy atom. The summed E-state index contributed by atoms with van der Waals surface area (Å²) in [5.41, 5.74) is 2.98. The van der Waals surface area contributed by atoms with E-state index < -0.39 is 0 Å². The standard InChI is InChI=1S/C32H41N3O3/c1-26(2)23-31(36)35-22-10-6-4-3-5-9-21-34(24-27-13-7-8-14-30(27)35)32(37)25-38-29-17-15-28(16-18-29)33-19-11-12-20-33/h7-8,11-20,26H,3-6,9-10,21-25H2,1-2H3. The fourth-order valence-electron chi connectivity index (χ4n) is 4.98. The van der Waals surface area contributed by atoms with Crippen molar-refractivity contribution in [1.82, 2.24) is 9.47 Å². The van der Waals surface area contributed by atoms with Gasteiger partial charge in [-0.25, -0.2) is 0 Å². The average Bonchev–Trinajstić information content (AvgIpc) is 3.45. The monoisotopic (exact) mass is 515 g/mol. The van der Waals surface area contributed by atoms with Crippen LogP contribution in [0.15, 0.2) is 73.1 Å². The summed E-state index contributed by atoms with van der Waals surface area (Å²) in [7, 11) is 0. The van der Waals surface area contributed by atoms with E-state index in [1.54, 1.807) is 0 Å². The maximum atomic E-state index is 13.4. The fraction of sp³-hybridized carbons (Fsp3) is 0.438. The lowest BCUT2D eigenvalue weighted by Gasteiger charge is -2.29. The first-order valence-corrected chi connectivity index (χ1v) is 14.0. The van der Waals surface area contributed by atoms with Crippen molar-refractivity contribution in [3.8, 4) is 11.4 Å². The molecule has 0 bridgehead atoms. The number of hydrogen-bond donors (Lipinski definition) is 0. The van der Waals surface area contributed by atoms with Crippen LogP contribution in [0.1, 0.15) is 64.4 Å². The molecule has 0 unspecified atom stereocenters. The van der Waals surface area contributed by atoms with Gasteiger partial charge in [0.2, 0.25) is 5.91 Å². The van der Waals surface area contributed by atoms with Crippen molar-refractivity contribution in [3.05, 3.63) is 78.6 Å². The summed E-state index contributed by atoms with van der Waals surface area (Å²) in [6.45, 7) is 6.02. The molecule has 1 aliphatic rings. The molecule has 1 aliphatic heterocycles. The molecule has 6 heteroatoms. The van der Waals surface area contributed by atoms with E-state index in [0.717, 1.165) is 62.0 Å². The van der Waals surface area contributed by atoms with Crippen LogP contribution in [-0.4, -0.2) is 41.0 Å². The normalized spacial score (nSPS) is 15.2. The lowest BCUT2D eigenvalue weighted by atomic mass is 10.1. The Kier molecular flexibility index (Phi) is 10.0. The molecule has 2 aromatic carbocycles. The van der Waals surface area contributed by atoms with Crippen LogP contribution in [-0.2, 0) is 16.1 Å². The van der Waals surface area contributed by atoms with Crippen molar-refractivity contribution in [1.29, 1.82) is 0 Å². The van der Waals surface area contributed by atoms with Crippen LogP contribution < -0.4 is 9.64 Å². The van der Waals surface area contributed by atoms with E-state index in [4.69, 9.17) is 4.74 Å². The molecule has 0 saturated carbocycles. The Labute approximate surface area is 227 Å². The number of hydrogen-bond acceptors (Lipinski definition) is 3. The van der Waals surface area contributed by atoms with Crippen molar-refractivity contribution in [2.45, 2.75) is 65.3 Å². The van der Waals surface area contributed by atoms with Crippen molar-refractivity contribution in [2.24, 2.45) is 5.92 Å². The van der Waals surface area contributed by atoms with Gasteiger partial charge in [0.05, 0.1) is 0 Å². The molecule has 6 nitrogen and oxygen atoms in total. The summed E-state index contributed by atoms with van der Waals surface area (Å²) >= 11 is 0. The minimum atomic E-state index is -0.0378. The van der Waals surface area contributed by atoms with E-state index in [1.807, 2.05) is 87.4 Å². The van der Waals surface area contributed by atoms with E-state index in [0.29, 0.717) is 31.2 Å². The molecule has 0 spiro atoms. The van der Waals surface area contributed by atoms with Crippen LogP contribution >= 0.6 is 0 Å². The molecule has 0 aliphatic carbocycles. The number of benzene rings is 2. The smallest absolute Gasteiger partial charge is 0.260 e. The molecule has 0 saturated heterocycles. The van der Waals surface area contributed by atoms with E-state index in [-0.39, 0.29) is 18.4 Å². The van der Waals surface area contributed by atoms with Gasteiger partial charge in [0.25, 0.3) is 5.91 Å². The van der Waals surface area contributed by atoms with Crippen LogP contribution in [0.25, 0.3) is 5.69 Å². The van der Waals surface area contributed by atoms with E-state index in [2.05, 4.69) is 13.8 Å². The molecule has 1 aromatic heterocycles. The van der Waals surface area contributed by atoms with E-state index >= 15 is 0 Å². The first kappa shape index (κ1) is 27.5. The molecule has 0 N–H and O–H groups in total. The summed E-state index contributed by atoms with van der Waals surface area (Å²) in [6.07, 6.45) is 11.0. The van der Waals surface area contributed by atoms with Crippen molar-refractivity contribution >= 4 is 17.5 Å². The zero-order chi connectivity index (χ0) is 26.7. The Morgan fingerprint density at radius 1 is 0.789 bits per heavy atom. The molecular weight excluding hydrogens is 474 g/mol. The highest BCUT2D eigenvalue weighted by Crippen LogP contribution is 2.26. The molecule has 0 fully saturated rings. The summed E-state index contributed by atoms with van der Waals surface area (Å²) in [4.78, 5) is 30.5. The fourth-order valence-corrected chi connectivity index (χ4v) is 4.98. The number of rotatable bonds is 6. The van der Waals surface area contributed by atoms with Gasteiger partial charge in [0, 0.05) is 49.8 Å². The van der Waals surface area contributed by atoms with Gasteiger partial charge in [-0.2, -0.15) is 0 Å². The van der Waals surface area contributed by atoms with Crippen molar-refractivity contribution in [3.63, 3.8) is 0 Å². The van der Waals surface area contributed by atoms with Crippen LogP contribution in [0.5, 0.6) is 5.75 Å². The Morgan fingerprint density at radius 2 is 1.45 bits per heavy atom. The number of aromatic nitrogens is 1. The van der Waals surface area contributed by atoms with E-state index in [1.165, 1.54) is 0 Å². The number of fused-ring (bicyclic) bond motifs is 1. The van der Waals surface area contributed by atoms with Crippen molar-refractivity contribution in [2.75, 3.05) is 24.6 Å². The van der Waals surface area contributed by atoms with Gasteiger partial charge in [-0.3, -0.25) is 9.59 Å². The van der Waals surface area contributed by atoms with Gasteiger partial charge in [-0.05, 0) is 66.8 Å². The van der Waals surface area contributed by atoms with Crippen LogP contribution in [0.3, 0.4) is 0 Å². The predicted octanol–water partition coefficient (Wildman–Crippen LogP) is 6.62. The van der Waals surface area contributed by atoms with E-state index in [9.17, 15) is 9.59 Å². The first-order chi connectivity index (χ1) is 18.5. The van der Waals surface area contributed by atoms with Crippen LogP contribution in [0, 0.1) is 5.92 Å². The summed E-state index contributed by atoms with van der Waals surface area (Å²) in [6, 6.07) is 19.8. The number of para-hydroxylation sites is 1. The van der Waals surface area contributed by atoms with Crippen LogP contribution in [0.4, 0.5) is 5.69 Å². The number of amides is 2. The van der Waals surface area contributed by atoms with Gasteiger partial charge in [0.1, 0.15) is 5.75 Å². The second-order valence-electron chi connectivity index (χ2n) is 10.6. The number of ether oxygens (including phenoxy) is 1. The molecular formula is C32H41N3O3. The molecule has 3 aromatic rings. The quantitative estimate of drug-likeness (QED) is 0.371.